The number of benzene rings is 10. The number of rotatable bonds is 3. The second-order valence-electron chi connectivity index (χ2n) is 15.5. The van der Waals surface area contributed by atoms with Crippen molar-refractivity contribution < 1.29 is 4.42 Å². The van der Waals surface area contributed by atoms with Gasteiger partial charge in [0.05, 0.1) is 16.8 Å². The highest BCUT2D eigenvalue weighted by Gasteiger charge is 2.54. The van der Waals surface area contributed by atoms with Gasteiger partial charge < -0.3 is 9.32 Å². The number of furan rings is 1. The SMILES string of the molecule is c1ccc(N(c2cc3c(c4ccccc24)C2(c4ccccc4-c4ccccc42)c2c-3c3ccccc3c3ccccc23)c2cccc3c2oc2ccccc23)cc1. The average molecular weight is 724 g/mol. The topological polar surface area (TPSA) is 16.4 Å². The van der Waals surface area contributed by atoms with Crippen LogP contribution < -0.4 is 4.90 Å². The number of para-hydroxylation sites is 3. The van der Waals surface area contributed by atoms with E-state index < -0.39 is 5.41 Å². The van der Waals surface area contributed by atoms with Crippen LogP contribution in [-0.4, -0.2) is 0 Å². The van der Waals surface area contributed by atoms with Crippen molar-refractivity contribution in [3.05, 3.63) is 222 Å². The first kappa shape index (κ1) is 30.9. The molecule has 2 nitrogen and oxygen atoms in total. The van der Waals surface area contributed by atoms with E-state index >= 15 is 0 Å². The minimum atomic E-state index is -0.546. The van der Waals surface area contributed by atoms with Gasteiger partial charge in [-0.25, -0.2) is 0 Å². The maximum Gasteiger partial charge on any atom is 0.159 e. The number of hydrogen-bond donors (Lipinski definition) is 0. The van der Waals surface area contributed by atoms with E-state index in [-0.39, 0.29) is 0 Å². The molecule has 0 fully saturated rings. The molecular formula is C55H33NO. The number of fused-ring (bicyclic) bond motifs is 20. The van der Waals surface area contributed by atoms with Crippen molar-refractivity contribution in [2.45, 2.75) is 5.41 Å². The van der Waals surface area contributed by atoms with E-state index in [0.717, 1.165) is 39.0 Å². The fraction of sp³-hybridized carbons (Fsp3) is 0.0182. The largest absolute Gasteiger partial charge is 0.454 e. The maximum absolute atomic E-state index is 6.79. The van der Waals surface area contributed by atoms with E-state index in [1.54, 1.807) is 0 Å². The summed E-state index contributed by atoms with van der Waals surface area (Å²) in [4.78, 5) is 2.43. The van der Waals surface area contributed by atoms with Gasteiger partial charge in [0.25, 0.3) is 0 Å². The van der Waals surface area contributed by atoms with Crippen molar-refractivity contribution >= 4 is 71.3 Å². The molecule has 2 aliphatic carbocycles. The summed E-state index contributed by atoms with van der Waals surface area (Å²) in [6, 6.07) is 73.7. The summed E-state index contributed by atoms with van der Waals surface area (Å²) >= 11 is 0. The Labute approximate surface area is 329 Å². The summed E-state index contributed by atoms with van der Waals surface area (Å²) in [6.07, 6.45) is 0. The molecule has 1 aromatic heterocycles. The summed E-state index contributed by atoms with van der Waals surface area (Å²) in [5.74, 6) is 0. The molecule has 0 saturated heterocycles. The van der Waals surface area contributed by atoms with E-state index in [2.05, 4.69) is 199 Å². The smallest absolute Gasteiger partial charge is 0.159 e. The molecule has 1 heterocycles. The Bertz CT molecular complexity index is 3440. The summed E-state index contributed by atoms with van der Waals surface area (Å²) in [5.41, 5.74) is 15.0. The third kappa shape index (κ3) is 3.89. The maximum atomic E-state index is 6.79. The molecule has 0 bridgehead atoms. The molecule has 0 N–H and O–H groups in total. The quantitative estimate of drug-likeness (QED) is 0.169. The zero-order valence-corrected chi connectivity index (χ0v) is 30.9. The molecule has 264 valence electrons. The number of nitrogens with zero attached hydrogens (tertiary/aromatic N) is 1. The fourth-order valence-electron chi connectivity index (χ4n) is 10.7. The lowest BCUT2D eigenvalue weighted by Crippen LogP contribution is -2.26. The van der Waals surface area contributed by atoms with Crippen molar-refractivity contribution in [1.29, 1.82) is 0 Å². The van der Waals surface area contributed by atoms with Crippen LogP contribution >= 0.6 is 0 Å². The second kappa shape index (κ2) is 11.3. The monoisotopic (exact) mass is 723 g/mol. The average Bonchev–Trinajstić information content (AvgIpc) is 3.92. The first-order valence-electron chi connectivity index (χ1n) is 19.8. The van der Waals surface area contributed by atoms with E-state index in [9.17, 15) is 0 Å². The molecule has 10 aromatic carbocycles. The molecule has 0 aliphatic heterocycles. The van der Waals surface area contributed by atoms with Gasteiger partial charge in [-0.05, 0) is 102 Å². The lowest BCUT2D eigenvalue weighted by atomic mass is 9.68. The summed E-state index contributed by atoms with van der Waals surface area (Å²) in [5, 5.41) is 9.80. The molecule has 0 amide bonds. The molecule has 0 radical (unpaired) electrons. The molecule has 0 saturated carbocycles. The predicted octanol–water partition coefficient (Wildman–Crippen LogP) is 14.9. The van der Waals surface area contributed by atoms with E-state index in [1.165, 1.54) is 76.8 Å². The van der Waals surface area contributed by atoms with Crippen molar-refractivity contribution in [3.8, 4) is 22.3 Å². The summed E-state index contributed by atoms with van der Waals surface area (Å²) < 4.78 is 6.79. The highest BCUT2D eigenvalue weighted by molar-refractivity contribution is 6.23. The van der Waals surface area contributed by atoms with Gasteiger partial charge in [-0.3, -0.25) is 0 Å². The van der Waals surface area contributed by atoms with Crippen LogP contribution in [0.5, 0.6) is 0 Å². The Kier molecular flexibility index (Phi) is 6.13. The van der Waals surface area contributed by atoms with E-state index in [4.69, 9.17) is 4.42 Å². The van der Waals surface area contributed by atoms with Gasteiger partial charge in [-0.1, -0.05) is 170 Å². The van der Waals surface area contributed by atoms with E-state index in [1.807, 2.05) is 6.07 Å². The first-order chi connectivity index (χ1) is 28.3. The Balaban J connectivity index is 1.25. The molecule has 2 heteroatoms. The lowest BCUT2D eigenvalue weighted by Gasteiger charge is -2.33. The molecule has 2 aliphatic rings. The van der Waals surface area contributed by atoms with Crippen molar-refractivity contribution in [2.24, 2.45) is 0 Å². The summed E-state index contributed by atoms with van der Waals surface area (Å²) in [6.45, 7) is 0. The molecule has 0 unspecified atom stereocenters. The van der Waals surface area contributed by atoms with Crippen LogP contribution in [-0.2, 0) is 5.41 Å². The zero-order valence-electron chi connectivity index (χ0n) is 30.9. The minimum absolute atomic E-state index is 0.546. The van der Waals surface area contributed by atoms with Gasteiger partial charge in [0, 0.05) is 21.8 Å². The van der Waals surface area contributed by atoms with Crippen LogP contribution in [0.1, 0.15) is 22.3 Å². The van der Waals surface area contributed by atoms with Crippen LogP contribution in [0.15, 0.2) is 205 Å². The van der Waals surface area contributed by atoms with Gasteiger partial charge in [0.2, 0.25) is 0 Å². The molecule has 13 rings (SSSR count). The zero-order chi connectivity index (χ0) is 37.2. The van der Waals surface area contributed by atoms with Gasteiger partial charge in [0.1, 0.15) is 5.58 Å². The Morgan fingerprint density at radius 1 is 0.351 bits per heavy atom. The second-order valence-corrected chi connectivity index (χ2v) is 15.5. The standard InChI is InChI=1S/C55H33NO/c1-2-17-34(18-3-1)56(48-31-16-28-44-40-24-12-15-32-50(40)57-54(44)48)49-33-45-51-41-25-7-4-19-35(41)36-20-5-8-26-42(36)53(51)55(52(45)43-27-9-6-23-39(43)49)46-29-13-10-21-37(46)38-22-11-14-30-47(38)55/h1-33H. The number of hydrogen-bond acceptors (Lipinski definition) is 2. The highest BCUT2D eigenvalue weighted by Crippen LogP contribution is 2.67. The first-order valence-corrected chi connectivity index (χ1v) is 19.8. The van der Waals surface area contributed by atoms with Crippen molar-refractivity contribution in [1.82, 2.24) is 0 Å². The van der Waals surface area contributed by atoms with Crippen LogP contribution in [0, 0.1) is 0 Å². The molecule has 57 heavy (non-hydrogen) atoms. The Hall–Kier alpha value is -7.42. The Morgan fingerprint density at radius 2 is 0.877 bits per heavy atom. The van der Waals surface area contributed by atoms with Gasteiger partial charge >= 0.3 is 0 Å². The van der Waals surface area contributed by atoms with Crippen molar-refractivity contribution in [3.63, 3.8) is 0 Å². The third-order valence-corrected chi connectivity index (χ3v) is 12.8. The fourth-order valence-corrected chi connectivity index (χ4v) is 10.7. The Morgan fingerprint density at radius 3 is 1.60 bits per heavy atom. The van der Waals surface area contributed by atoms with Crippen LogP contribution in [0.25, 0.3) is 76.5 Å². The van der Waals surface area contributed by atoms with Crippen LogP contribution in [0.2, 0.25) is 0 Å². The van der Waals surface area contributed by atoms with Crippen LogP contribution in [0.3, 0.4) is 0 Å². The highest BCUT2D eigenvalue weighted by atomic mass is 16.3. The normalized spacial score (nSPS) is 13.4. The van der Waals surface area contributed by atoms with Crippen LogP contribution in [0.4, 0.5) is 17.1 Å². The molecule has 0 atom stereocenters. The third-order valence-electron chi connectivity index (χ3n) is 12.8. The molecule has 1 spiro atoms. The van der Waals surface area contributed by atoms with Gasteiger partial charge in [-0.15, -0.1) is 0 Å². The van der Waals surface area contributed by atoms with E-state index in [0.29, 0.717) is 0 Å². The minimum Gasteiger partial charge on any atom is -0.454 e. The predicted molar refractivity (Wildman–Crippen MR) is 237 cm³/mol. The molecule has 11 aromatic rings. The molecular weight excluding hydrogens is 691 g/mol. The lowest BCUT2D eigenvalue weighted by molar-refractivity contribution is 0.669. The summed E-state index contributed by atoms with van der Waals surface area (Å²) in [7, 11) is 0. The van der Waals surface area contributed by atoms with Gasteiger partial charge in [0.15, 0.2) is 5.58 Å². The number of anilines is 3. The van der Waals surface area contributed by atoms with Crippen molar-refractivity contribution in [2.75, 3.05) is 4.90 Å². The van der Waals surface area contributed by atoms with Gasteiger partial charge in [-0.2, -0.15) is 0 Å².